The number of nitrogens with one attached hydrogen (secondary N) is 2. The predicted octanol–water partition coefficient (Wildman–Crippen LogP) is 6.65. The van der Waals surface area contributed by atoms with Crippen molar-refractivity contribution < 1.29 is 24.2 Å². The van der Waals surface area contributed by atoms with E-state index in [4.69, 9.17) is 9.47 Å². The van der Waals surface area contributed by atoms with E-state index in [1.807, 2.05) is 112 Å². The summed E-state index contributed by atoms with van der Waals surface area (Å²) in [5, 5.41) is 18.6. The Hall–Kier alpha value is -2.98. The molecule has 2 amide bonds. The van der Waals surface area contributed by atoms with Crippen molar-refractivity contribution in [2.24, 2.45) is 5.92 Å². The van der Waals surface area contributed by atoms with E-state index in [2.05, 4.69) is 10.6 Å². The second-order valence-electron chi connectivity index (χ2n) is 11.9. The van der Waals surface area contributed by atoms with Crippen LogP contribution >= 0.6 is 23.5 Å². The molecule has 0 saturated heterocycles. The average molecular weight is 623 g/mol. The van der Waals surface area contributed by atoms with Crippen molar-refractivity contribution in [1.82, 2.24) is 10.6 Å². The highest BCUT2D eigenvalue weighted by Crippen LogP contribution is 2.50. The predicted molar refractivity (Wildman–Crippen MR) is 173 cm³/mol. The van der Waals surface area contributed by atoms with Gasteiger partial charge in [0.2, 0.25) is 5.91 Å². The van der Waals surface area contributed by atoms with E-state index in [0.717, 1.165) is 15.4 Å². The molecule has 0 aliphatic heterocycles. The Morgan fingerprint density at radius 3 is 1.95 bits per heavy atom. The zero-order valence-corrected chi connectivity index (χ0v) is 26.8. The molecule has 9 heteroatoms. The smallest absolute Gasteiger partial charge is 0.407 e. The first-order chi connectivity index (χ1) is 20.5. The van der Waals surface area contributed by atoms with Crippen molar-refractivity contribution >= 4 is 35.5 Å². The molecule has 43 heavy (non-hydrogen) atoms. The Kier molecular flexibility index (Phi) is 11.6. The van der Waals surface area contributed by atoms with Gasteiger partial charge in [-0.2, -0.15) is 0 Å². The van der Waals surface area contributed by atoms with Gasteiger partial charge in [-0.1, -0.05) is 66.7 Å². The number of thioether (sulfide) groups is 2. The van der Waals surface area contributed by atoms with Gasteiger partial charge in [0.25, 0.3) is 0 Å². The summed E-state index contributed by atoms with van der Waals surface area (Å²) in [5.41, 5.74) is -0.852. The molecule has 7 nitrogen and oxygen atoms in total. The van der Waals surface area contributed by atoms with Crippen LogP contribution in [0.4, 0.5) is 4.79 Å². The maximum absolute atomic E-state index is 13.0. The van der Waals surface area contributed by atoms with Crippen LogP contribution in [0.25, 0.3) is 0 Å². The zero-order valence-electron chi connectivity index (χ0n) is 25.2. The summed E-state index contributed by atoms with van der Waals surface area (Å²) in [6.45, 7) is 7.53. The standard InChI is InChI=1S/C34H42N2O5S2/c1-24(37)35-30(23-40-22-25-14-8-5-9-15-25)28-20-34(39,21-29(28)36-32(38)41-33(2,3)4)31(42-26-16-10-6-11-17-26)43-27-18-12-7-13-19-27/h5-19,28-31,39H,20-23H2,1-4H3,(H,35,37)(H,36,38)/t28?,29?,30?,34-/m0/s1. The third-order valence-electron chi connectivity index (χ3n) is 7.11. The lowest BCUT2D eigenvalue weighted by atomic mass is 9.93. The highest BCUT2D eigenvalue weighted by Gasteiger charge is 2.52. The molecule has 3 aromatic rings. The maximum Gasteiger partial charge on any atom is 0.407 e. The van der Waals surface area contributed by atoms with E-state index >= 15 is 0 Å². The highest BCUT2D eigenvalue weighted by atomic mass is 32.2. The van der Waals surface area contributed by atoms with E-state index in [1.54, 1.807) is 23.5 Å². The third kappa shape index (κ3) is 10.3. The summed E-state index contributed by atoms with van der Waals surface area (Å²) in [6.07, 6.45) is 0.0782. The van der Waals surface area contributed by atoms with Crippen molar-refractivity contribution in [2.75, 3.05) is 6.61 Å². The van der Waals surface area contributed by atoms with Gasteiger partial charge >= 0.3 is 6.09 Å². The average Bonchev–Trinajstić information content (AvgIpc) is 3.29. The molecule has 3 aromatic carbocycles. The largest absolute Gasteiger partial charge is 0.444 e. The summed E-state index contributed by atoms with van der Waals surface area (Å²) in [7, 11) is 0. The lowest BCUT2D eigenvalue weighted by molar-refractivity contribution is -0.120. The Labute approximate surface area is 263 Å². The third-order valence-corrected chi connectivity index (χ3v) is 10.1. The summed E-state index contributed by atoms with van der Waals surface area (Å²) in [6, 6.07) is 28.9. The summed E-state index contributed by atoms with van der Waals surface area (Å²) >= 11 is 3.21. The van der Waals surface area contributed by atoms with Gasteiger partial charge in [-0.05, 0) is 63.4 Å². The van der Waals surface area contributed by atoms with E-state index in [0.29, 0.717) is 13.0 Å². The lowest BCUT2D eigenvalue weighted by Crippen LogP contribution is -2.50. The minimum Gasteiger partial charge on any atom is -0.444 e. The first-order valence-electron chi connectivity index (χ1n) is 14.5. The van der Waals surface area contributed by atoms with Gasteiger partial charge in [0, 0.05) is 28.7 Å². The summed E-state index contributed by atoms with van der Waals surface area (Å²) < 4.78 is 11.4. The van der Waals surface area contributed by atoms with Crippen LogP contribution in [0.1, 0.15) is 46.1 Å². The van der Waals surface area contributed by atoms with E-state index in [9.17, 15) is 14.7 Å². The number of carbonyl (C=O) groups is 2. The number of benzene rings is 3. The fourth-order valence-electron chi connectivity index (χ4n) is 5.30. The topological polar surface area (TPSA) is 96.9 Å². The van der Waals surface area contributed by atoms with Crippen LogP contribution < -0.4 is 10.6 Å². The number of alkyl carbamates (subject to hydrolysis) is 1. The minimum atomic E-state index is -1.19. The highest BCUT2D eigenvalue weighted by molar-refractivity contribution is 8.17. The number of ether oxygens (including phenoxy) is 2. The lowest BCUT2D eigenvalue weighted by Gasteiger charge is -2.33. The molecular formula is C34H42N2O5S2. The van der Waals surface area contributed by atoms with Gasteiger partial charge < -0.3 is 25.2 Å². The number of amides is 2. The van der Waals surface area contributed by atoms with E-state index in [-0.39, 0.29) is 29.4 Å². The van der Waals surface area contributed by atoms with Gasteiger partial charge in [-0.3, -0.25) is 4.79 Å². The summed E-state index contributed by atoms with van der Waals surface area (Å²) in [4.78, 5) is 27.5. The first-order valence-corrected chi connectivity index (χ1v) is 16.3. The molecule has 4 atom stereocenters. The molecule has 1 fully saturated rings. The number of carbonyl (C=O) groups excluding carboxylic acids is 2. The molecule has 0 aromatic heterocycles. The molecule has 0 radical (unpaired) electrons. The molecule has 1 saturated carbocycles. The Balaban J connectivity index is 1.62. The first kappa shape index (κ1) is 32.9. The minimum absolute atomic E-state index is 0.200. The van der Waals surface area contributed by atoms with Crippen LogP contribution in [-0.2, 0) is 20.9 Å². The van der Waals surface area contributed by atoms with Crippen molar-refractivity contribution in [3.63, 3.8) is 0 Å². The Bertz CT molecular complexity index is 1270. The molecule has 230 valence electrons. The normalized spacial score (nSPS) is 20.9. The van der Waals surface area contributed by atoms with Crippen LogP contribution in [0.3, 0.4) is 0 Å². The van der Waals surface area contributed by atoms with Gasteiger partial charge in [-0.25, -0.2) is 4.79 Å². The number of aliphatic hydroxyl groups is 1. The fourth-order valence-corrected chi connectivity index (χ4v) is 8.10. The van der Waals surface area contributed by atoms with Gasteiger partial charge in [0.1, 0.15) is 5.60 Å². The van der Waals surface area contributed by atoms with Crippen molar-refractivity contribution in [1.29, 1.82) is 0 Å². The number of hydrogen-bond acceptors (Lipinski definition) is 7. The summed E-state index contributed by atoms with van der Waals surface area (Å²) in [5.74, 6) is -0.513. The fraction of sp³-hybridized carbons (Fsp3) is 0.412. The second kappa shape index (κ2) is 15.1. The Morgan fingerprint density at radius 2 is 1.44 bits per heavy atom. The molecule has 0 spiro atoms. The van der Waals surface area contributed by atoms with Gasteiger partial charge in [0.05, 0.1) is 29.4 Å². The zero-order chi connectivity index (χ0) is 30.9. The number of rotatable bonds is 12. The SMILES string of the molecule is CC(=O)NC(COCc1ccccc1)C1C[C@@](O)(C(Sc2ccccc2)Sc2ccccc2)CC1NC(=O)OC(C)(C)C. The Morgan fingerprint density at radius 1 is 0.907 bits per heavy atom. The van der Waals surface area contributed by atoms with Crippen LogP contribution in [0, 0.1) is 5.92 Å². The van der Waals surface area contributed by atoms with Crippen LogP contribution in [-0.4, -0.2) is 51.6 Å². The molecule has 1 aliphatic carbocycles. The molecule has 1 aliphatic rings. The van der Waals surface area contributed by atoms with E-state index < -0.39 is 29.4 Å². The quantitative estimate of drug-likeness (QED) is 0.154. The molecular weight excluding hydrogens is 581 g/mol. The van der Waals surface area contributed by atoms with Crippen molar-refractivity contribution in [3.8, 4) is 0 Å². The van der Waals surface area contributed by atoms with Crippen LogP contribution in [0.2, 0.25) is 0 Å². The van der Waals surface area contributed by atoms with E-state index in [1.165, 1.54) is 6.92 Å². The molecule has 0 heterocycles. The molecule has 3 unspecified atom stereocenters. The number of hydrogen-bond donors (Lipinski definition) is 3. The maximum atomic E-state index is 13.0. The second-order valence-corrected chi connectivity index (χ2v) is 14.6. The van der Waals surface area contributed by atoms with Crippen LogP contribution in [0.5, 0.6) is 0 Å². The van der Waals surface area contributed by atoms with Crippen molar-refractivity contribution in [2.45, 2.75) is 84.8 Å². The van der Waals surface area contributed by atoms with Crippen molar-refractivity contribution in [3.05, 3.63) is 96.6 Å². The molecule has 4 rings (SSSR count). The molecule has 3 N–H and O–H groups in total. The van der Waals surface area contributed by atoms with Gasteiger partial charge in [0.15, 0.2) is 0 Å². The van der Waals surface area contributed by atoms with Crippen LogP contribution in [0.15, 0.2) is 101 Å². The molecule has 0 bridgehead atoms. The monoisotopic (exact) mass is 622 g/mol. The van der Waals surface area contributed by atoms with Gasteiger partial charge in [-0.15, -0.1) is 23.5 Å².